The number of allylic oxidation sites excluding steroid dienone is 7. The van der Waals surface area contributed by atoms with Crippen LogP contribution in [0.3, 0.4) is 0 Å². The van der Waals surface area contributed by atoms with Crippen LogP contribution in [-0.2, 0) is 9.22 Å². The third-order valence-electron chi connectivity index (χ3n) is 4.24. The average Bonchev–Trinajstić information content (AvgIpc) is 2.64. The number of nitrogens with one attached hydrogen (secondary N) is 1. The second-order valence-electron chi connectivity index (χ2n) is 8.66. The molecule has 0 aromatic heterocycles. The molecule has 0 saturated carbocycles. The maximum absolute atomic E-state index is 11.8. The van der Waals surface area contributed by atoms with Crippen LogP contribution >= 0.6 is 0 Å². The molecule has 0 unspecified atom stereocenters. The summed E-state index contributed by atoms with van der Waals surface area (Å²) in [4.78, 5) is 11.8. The zero-order valence-electron chi connectivity index (χ0n) is 19.9. The van der Waals surface area contributed by atoms with Gasteiger partial charge in [0.1, 0.15) is 0 Å². The molecule has 1 amide bonds. The SMILES string of the molecule is C=C/C=C(\C)C/C(C)=C/C[C@@H](C/C=C/C=C/C(=O)NCCCCC=C)O[Si](C)(C)C. The van der Waals surface area contributed by atoms with Crippen LogP contribution in [0.1, 0.15) is 52.4 Å². The Morgan fingerprint density at radius 1 is 1.07 bits per heavy atom. The largest absolute Gasteiger partial charge is 0.414 e. The topological polar surface area (TPSA) is 38.3 Å². The number of carbonyl (C=O) groups excluding carboxylic acids is 1. The first kappa shape index (κ1) is 28.1. The maximum atomic E-state index is 11.8. The van der Waals surface area contributed by atoms with Gasteiger partial charge in [-0.3, -0.25) is 4.79 Å². The lowest BCUT2D eigenvalue weighted by Crippen LogP contribution is -2.31. The Labute approximate surface area is 186 Å². The number of hydrogen-bond acceptors (Lipinski definition) is 2. The molecule has 0 heterocycles. The first-order valence-corrected chi connectivity index (χ1v) is 14.4. The highest BCUT2D eigenvalue weighted by Crippen LogP contribution is 2.17. The third kappa shape index (κ3) is 18.1. The number of carbonyl (C=O) groups is 1. The molecule has 0 fully saturated rings. The average molecular weight is 430 g/mol. The first-order valence-electron chi connectivity index (χ1n) is 11.0. The van der Waals surface area contributed by atoms with E-state index in [1.54, 1.807) is 12.2 Å². The fraction of sp³-hybridized carbons (Fsp3) is 0.500. The molecule has 1 N–H and O–H groups in total. The van der Waals surface area contributed by atoms with Crippen LogP contribution in [0.5, 0.6) is 0 Å². The summed E-state index contributed by atoms with van der Waals surface area (Å²) in [6.07, 6.45) is 21.4. The van der Waals surface area contributed by atoms with E-state index in [9.17, 15) is 4.79 Å². The van der Waals surface area contributed by atoms with Crippen LogP contribution in [0.4, 0.5) is 0 Å². The molecule has 0 aliphatic carbocycles. The van der Waals surface area contributed by atoms with Gasteiger partial charge >= 0.3 is 0 Å². The standard InChI is InChI=1S/C26H43NO2Si/c1-8-10-11-15-21-27-26(28)18-14-12-13-17-25(29-30(5,6)7)20-19-24(4)22-23(3)16-9-2/h8-9,12-14,16,18-19,25H,1-2,10-11,15,17,20-22H2,3-7H3,(H,27,28)/b13-12+,18-14+,23-16+,24-19+/t25-/m1/s1. The lowest BCUT2D eigenvalue weighted by molar-refractivity contribution is -0.116. The first-order chi connectivity index (χ1) is 14.2. The number of hydrogen-bond donors (Lipinski definition) is 1. The van der Waals surface area contributed by atoms with Gasteiger partial charge in [-0.05, 0) is 72.0 Å². The van der Waals surface area contributed by atoms with Crippen molar-refractivity contribution in [2.75, 3.05) is 6.54 Å². The summed E-state index contributed by atoms with van der Waals surface area (Å²) in [6.45, 7) is 19.1. The van der Waals surface area contributed by atoms with Gasteiger partial charge in [-0.25, -0.2) is 0 Å². The van der Waals surface area contributed by atoms with Gasteiger partial charge in [0, 0.05) is 12.6 Å². The Hall–Kier alpha value is -1.91. The van der Waals surface area contributed by atoms with Crippen LogP contribution in [0.15, 0.2) is 72.9 Å². The van der Waals surface area contributed by atoms with Crippen molar-refractivity contribution in [1.82, 2.24) is 5.32 Å². The predicted octanol–water partition coefficient (Wildman–Crippen LogP) is 7.04. The highest BCUT2D eigenvalue weighted by atomic mass is 28.4. The Kier molecular flexibility index (Phi) is 15.8. The zero-order valence-corrected chi connectivity index (χ0v) is 20.9. The van der Waals surface area contributed by atoms with Crippen LogP contribution in [0.25, 0.3) is 0 Å². The minimum absolute atomic E-state index is 0.0466. The van der Waals surface area contributed by atoms with Crippen LogP contribution in [-0.4, -0.2) is 26.9 Å². The summed E-state index contributed by atoms with van der Waals surface area (Å²) < 4.78 is 6.36. The van der Waals surface area contributed by atoms with Gasteiger partial charge in [-0.1, -0.05) is 60.3 Å². The maximum Gasteiger partial charge on any atom is 0.243 e. The van der Waals surface area contributed by atoms with E-state index < -0.39 is 8.32 Å². The van der Waals surface area contributed by atoms with E-state index in [0.29, 0.717) is 6.54 Å². The zero-order chi connectivity index (χ0) is 22.8. The Morgan fingerprint density at radius 2 is 1.80 bits per heavy atom. The van der Waals surface area contributed by atoms with Crippen molar-refractivity contribution in [1.29, 1.82) is 0 Å². The molecule has 0 aliphatic rings. The Balaban J connectivity index is 4.57. The molecule has 168 valence electrons. The number of amides is 1. The minimum atomic E-state index is -1.62. The Bertz CT molecular complexity index is 636. The van der Waals surface area contributed by atoms with Crippen molar-refractivity contribution in [2.45, 2.75) is 78.1 Å². The molecule has 0 aromatic rings. The van der Waals surface area contributed by atoms with E-state index in [-0.39, 0.29) is 12.0 Å². The molecular weight excluding hydrogens is 386 g/mol. The smallest absolute Gasteiger partial charge is 0.243 e. The summed E-state index contributed by atoms with van der Waals surface area (Å²) in [6, 6.07) is 0. The van der Waals surface area contributed by atoms with Crippen molar-refractivity contribution in [3.63, 3.8) is 0 Å². The monoisotopic (exact) mass is 429 g/mol. The fourth-order valence-corrected chi connectivity index (χ4v) is 4.13. The van der Waals surface area contributed by atoms with Gasteiger partial charge in [0.15, 0.2) is 8.32 Å². The quantitative estimate of drug-likeness (QED) is 0.0939. The Morgan fingerprint density at radius 3 is 2.43 bits per heavy atom. The molecule has 0 rings (SSSR count). The molecular formula is C26H43NO2Si. The second-order valence-corrected chi connectivity index (χ2v) is 13.1. The van der Waals surface area contributed by atoms with Gasteiger partial charge < -0.3 is 9.74 Å². The molecule has 0 aromatic carbocycles. The van der Waals surface area contributed by atoms with Gasteiger partial charge in [0.2, 0.25) is 5.91 Å². The van der Waals surface area contributed by atoms with Crippen molar-refractivity contribution in [3.05, 3.63) is 72.9 Å². The normalized spacial score (nSPS) is 14.3. The second kappa shape index (κ2) is 16.8. The molecule has 30 heavy (non-hydrogen) atoms. The van der Waals surface area contributed by atoms with E-state index in [4.69, 9.17) is 4.43 Å². The minimum Gasteiger partial charge on any atom is -0.414 e. The molecule has 0 bridgehead atoms. The van der Waals surface area contributed by atoms with Gasteiger partial charge in [0.25, 0.3) is 0 Å². The highest BCUT2D eigenvalue weighted by Gasteiger charge is 2.19. The van der Waals surface area contributed by atoms with E-state index in [1.807, 2.05) is 18.2 Å². The molecule has 0 aliphatic heterocycles. The summed E-state index contributed by atoms with van der Waals surface area (Å²) >= 11 is 0. The van der Waals surface area contributed by atoms with Crippen LogP contribution in [0, 0.1) is 0 Å². The molecule has 4 heteroatoms. The molecule has 1 atom stereocenters. The van der Waals surface area contributed by atoms with E-state index >= 15 is 0 Å². The van der Waals surface area contributed by atoms with Gasteiger partial charge in [-0.2, -0.15) is 0 Å². The lowest BCUT2D eigenvalue weighted by Gasteiger charge is -2.25. The number of rotatable bonds is 16. The van der Waals surface area contributed by atoms with Crippen LogP contribution < -0.4 is 5.32 Å². The van der Waals surface area contributed by atoms with Crippen molar-refractivity contribution < 1.29 is 9.22 Å². The van der Waals surface area contributed by atoms with E-state index in [0.717, 1.165) is 38.5 Å². The van der Waals surface area contributed by atoms with E-state index in [1.165, 1.54) is 11.1 Å². The highest BCUT2D eigenvalue weighted by molar-refractivity contribution is 6.69. The predicted molar refractivity (Wildman–Crippen MR) is 135 cm³/mol. The van der Waals surface area contributed by atoms with Crippen molar-refractivity contribution >= 4 is 14.2 Å². The summed E-state index contributed by atoms with van der Waals surface area (Å²) in [5, 5.41) is 2.90. The third-order valence-corrected chi connectivity index (χ3v) is 5.28. The van der Waals surface area contributed by atoms with E-state index in [2.05, 4.69) is 70.2 Å². The van der Waals surface area contributed by atoms with Gasteiger partial charge in [0.05, 0.1) is 6.10 Å². The van der Waals surface area contributed by atoms with Gasteiger partial charge in [-0.15, -0.1) is 6.58 Å². The van der Waals surface area contributed by atoms with Crippen LogP contribution in [0.2, 0.25) is 19.6 Å². The summed E-state index contributed by atoms with van der Waals surface area (Å²) in [5.41, 5.74) is 2.66. The summed E-state index contributed by atoms with van der Waals surface area (Å²) in [7, 11) is -1.62. The molecule has 0 spiro atoms. The fourth-order valence-electron chi connectivity index (χ4n) is 2.93. The molecule has 0 saturated heterocycles. The molecule has 3 nitrogen and oxygen atoms in total. The van der Waals surface area contributed by atoms with Crippen molar-refractivity contribution in [2.24, 2.45) is 0 Å². The lowest BCUT2D eigenvalue weighted by atomic mass is 10.0. The molecule has 0 radical (unpaired) electrons. The number of unbranched alkanes of at least 4 members (excludes halogenated alkanes) is 2. The summed E-state index contributed by atoms with van der Waals surface area (Å²) in [5.74, 6) is -0.0466. The van der Waals surface area contributed by atoms with Crippen molar-refractivity contribution in [3.8, 4) is 0 Å².